The van der Waals surface area contributed by atoms with Crippen molar-refractivity contribution < 1.29 is 9.53 Å². The first-order valence-corrected chi connectivity index (χ1v) is 10.4. The Morgan fingerprint density at radius 2 is 1.67 bits per heavy atom. The molecule has 0 N–H and O–H groups in total. The van der Waals surface area contributed by atoms with Crippen LogP contribution in [0, 0.1) is 6.92 Å². The van der Waals surface area contributed by atoms with E-state index in [4.69, 9.17) is 4.74 Å². The minimum Gasteiger partial charge on any atom is -0.497 e. The number of aryl methyl sites for hydroxylation is 1. The Morgan fingerprint density at radius 3 is 2.40 bits per heavy atom. The van der Waals surface area contributed by atoms with Crippen molar-refractivity contribution in [1.29, 1.82) is 0 Å². The van der Waals surface area contributed by atoms with Gasteiger partial charge in [0.15, 0.2) is 5.78 Å². The fraction of sp³-hybridized carbons (Fsp3) is 0.269. The lowest BCUT2D eigenvalue weighted by Crippen LogP contribution is -2.55. The maximum Gasteiger partial charge on any atom is 0.161 e. The minimum absolute atomic E-state index is 0.159. The van der Waals surface area contributed by atoms with Crippen molar-refractivity contribution in [2.75, 3.05) is 23.5 Å². The molecule has 5 rings (SSSR count). The van der Waals surface area contributed by atoms with Crippen LogP contribution < -0.4 is 14.5 Å². The topological polar surface area (TPSA) is 32.8 Å². The van der Waals surface area contributed by atoms with Crippen LogP contribution in [0.1, 0.15) is 29.2 Å². The molecule has 0 saturated heterocycles. The van der Waals surface area contributed by atoms with Gasteiger partial charge in [-0.3, -0.25) is 4.79 Å². The summed E-state index contributed by atoms with van der Waals surface area (Å²) in [5, 5.41) is 0. The van der Waals surface area contributed by atoms with Crippen molar-refractivity contribution >= 4 is 17.2 Å². The lowest BCUT2D eigenvalue weighted by Gasteiger charge is -2.43. The predicted molar refractivity (Wildman–Crippen MR) is 120 cm³/mol. The molecule has 0 amide bonds. The van der Waals surface area contributed by atoms with Gasteiger partial charge in [-0.25, -0.2) is 0 Å². The number of benzene rings is 3. The minimum atomic E-state index is -0.756. The zero-order valence-corrected chi connectivity index (χ0v) is 17.7. The molecule has 152 valence electrons. The first kappa shape index (κ1) is 18.7. The quantitative estimate of drug-likeness (QED) is 0.633. The normalized spacial score (nSPS) is 19.6. The van der Waals surface area contributed by atoms with Crippen molar-refractivity contribution in [1.82, 2.24) is 0 Å². The van der Waals surface area contributed by atoms with E-state index in [-0.39, 0.29) is 5.78 Å². The Kier molecular flexibility index (Phi) is 4.31. The molecule has 2 heterocycles. The van der Waals surface area contributed by atoms with Gasteiger partial charge in [0, 0.05) is 24.5 Å². The molecule has 3 aromatic carbocycles. The molecular weight excluding hydrogens is 372 g/mol. The summed E-state index contributed by atoms with van der Waals surface area (Å²) in [7, 11) is 1.70. The lowest BCUT2D eigenvalue weighted by atomic mass is 9.83. The number of anilines is 2. The first-order valence-electron chi connectivity index (χ1n) is 10.4. The van der Waals surface area contributed by atoms with Crippen LogP contribution in [0.3, 0.4) is 0 Å². The van der Waals surface area contributed by atoms with Crippen LogP contribution in [0.2, 0.25) is 0 Å². The van der Waals surface area contributed by atoms with Crippen LogP contribution in [0.25, 0.3) is 0 Å². The molecule has 1 atom stereocenters. The van der Waals surface area contributed by atoms with Gasteiger partial charge >= 0.3 is 0 Å². The van der Waals surface area contributed by atoms with Crippen LogP contribution in [0.15, 0.2) is 66.7 Å². The van der Waals surface area contributed by atoms with Gasteiger partial charge in [0.1, 0.15) is 11.3 Å². The Morgan fingerprint density at radius 1 is 0.933 bits per heavy atom. The fourth-order valence-electron chi connectivity index (χ4n) is 5.08. The van der Waals surface area contributed by atoms with Gasteiger partial charge in [0.2, 0.25) is 0 Å². The highest BCUT2D eigenvalue weighted by Crippen LogP contribution is 2.46. The van der Waals surface area contributed by atoms with Gasteiger partial charge in [0.05, 0.1) is 13.7 Å². The van der Waals surface area contributed by atoms with E-state index in [0.29, 0.717) is 13.1 Å². The van der Waals surface area contributed by atoms with Crippen LogP contribution in [0.5, 0.6) is 5.75 Å². The third kappa shape index (κ3) is 2.71. The molecule has 2 bridgehead atoms. The van der Waals surface area contributed by atoms with Crippen LogP contribution >= 0.6 is 0 Å². The van der Waals surface area contributed by atoms with E-state index in [1.807, 2.05) is 24.3 Å². The van der Waals surface area contributed by atoms with Crippen molar-refractivity contribution in [2.45, 2.75) is 32.5 Å². The zero-order chi connectivity index (χ0) is 20.9. The van der Waals surface area contributed by atoms with Gasteiger partial charge in [-0.15, -0.1) is 0 Å². The molecule has 0 aliphatic carbocycles. The maximum absolute atomic E-state index is 13.5. The van der Waals surface area contributed by atoms with E-state index in [1.165, 1.54) is 22.4 Å². The number of rotatable bonds is 3. The maximum atomic E-state index is 13.5. The van der Waals surface area contributed by atoms with E-state index in [0.717, 1.165) is 23.5 Å². The van der Waals surface area contributed by atoms with E-state index in [9.17, 15) is 4.79 Å². The molecule has 30 heavy (non-hydrogen) atoms. The number of fused-ring (bicyclic) bond motifs is 7. The summed E-state index contributed by atoms with van der Waals surface area (Å²) in [5.74, 6) is 1.00. The van der Waals surface area contributed by atoms with Crippen molar-refractivity contribution in [3.63, 3.8) is 0 Å². The second-order valence-corrected chi connectivity index (χ2v) is 8.35. The van der Waals surface area contributed by atoms with E-state index >= 15 is 0 Å². The van der Waals surface area contributed by atoms with Crippen LogP contribution in [-0.2, 0) is 23.4 Å². The molecule has 0 spiro atoms. The summed E-state index contributed by atoms with van der Waals surface area (Å²) >= 11 is 0. The molecule has 0 fully saturated rings. The highest BCUT2D eigenvalue weighted by Gasteiger charge is 2.49. The largest absolute Gasteiger partial charge is 0.497 e. The molecule has 4 heteroatoms. The first-order chi connectivity index (χ1) is 14.5. The number of Topliss-reactive ketones (excluding diaryl/α,β-unsaturated/α-hetero) is 1. The van der Waals surface area contributed by atoms with Crippen LogP contribution in [-0.4, -0.2) is 19.4 Å². The second-order valence-electron chi connectivity index (χ2n) is 8.35. The van der Waals surface area contributed by atoms with E-state index in [1.54, 1.807) is 14.0 Å². The molecular formula is C26H26N2O2. The third-order valence-electron chi connectivity index (χ3n) is 6.56. The predicted octanol–water partition coefficient (Wildman–Crippen LogP) is 4.83. The Balaban J connectivity index is 1.81. The number of methoxy groups -OCH3 is 1. The Labute approximate surface area is 177 Å². The smallest absolute Gasteiger partial charge is 0.161 e. The fourth-order valence-corrected chi connectivity index (χ4v) is 5.08. The molecule has 3 aromatic rings. The molecule has 4 nitrogen and oxygen atoms in total. The Hall–Kier alpha value is -3.27. The zero-order valence-electron chi connectivity index (χ0n) is 17.7. The number of ketones is 1. The van der Waals surface area contributed by atoms with E-state index < -0.39 is 5.54 Å². The number of hydrogen-bond acceptors (Lipinski definition) is 4. The number of nitrogens with zero attached hydrogens (tertiary/aromatic N) is 2. The number of carbonyl (C=O) groups excluding carboxylic acids is 1. The summed E-state index contributed by atoms with van der Waals surface area (Å²) in [6, 6.07) is 23.1. The average Bonchev–Trinajstić information content (AvgIpc) is 2.98. The summed E-state index contributed by atoms with van der Waals surface area (Å²) in [5.41, 5.74) is 6.27. The molecule has 2 aliphatic rings. The molecule has 0 unspecified atom stereocenters. The van der Waals surface area contributed by atoms with Crippen molar-refractivity contribution in [3.05, 3.63) is 89.0 Å². The van der Waals surface area contributed by atoms with Crippen molar-refractivity contribution in [3.8, 4) is 5.75 Å². The molecule has 0 aromatic heterocycles. The molecule has 0 saturated carbocycles. The summed E-state index contributed by atoms with van der Waals surface area (Å²) < 4.78 is 5.51. The van der Waals surface area contributed by atoms with Gasteiger partial charge < -0.3 is 14.5 Å². The van der Waals surface area contributed by atoms with Gasteiger partial charge in [0.25, 0.3) is 0 Å². The second kappa shape index (κ2) is 6.91. The van der Waals surface area contributed by atoms with Crippen LogP contribution in [0.4, 0.5) is 11.4 Å². The number of ether oxygens (including phenoxy) is 1. The summed E-state index contributed by atoms with van der Waals surface area (Å²) in [6.07, 6.45) is 0. The summed E-state index contributed by atoms with van der Waals surface area (Å²) in [6.45, 7) is 5.88. The standard InChI is InChI=1S/C26H26N2O2/c1-18-9-11-25-20(13-18)15-27-17-26(19(2)29,22-7-5-4-6-8-22)28(25)16-21-14-23(30-3)10-12-24(21)27/h4-14H,15-17H2,1-3H3/t26-/m1/s1. The SMILES string of the molecule is COc1ccc2c(c1)CN1c3ccc(C)cc3CN2C[C@@]1(C(C)=O)c1ccccc1. The van der Waals surface area contributed by atoms with Gasteiger partial charge in [-0.2, -0.15) is 0 Å². The average molecular weight is 399 g/mol. The molecule has 2 aliphatic heterocycles. The van der Waals surface area contributed by atoms with E-state index in [2.05, 4.69) is 59.2 Å². The molecule has 0 radical (unpaired) electrons. The highest BCUT2D eigenvalue weighted by molar-refractivity contribution is 5.93. The lowest BCUT2D eigenvalue weighted by molar-refractivity contribution is -0.122. The monoisotopic (exact) mass is 398 g/mol. The number of carbonyl (C=O) groups is 1. The van der Waals surface area contributed by atoms with Crippen molar-refractivity contribution in [2.24, 2.45) is 0 Å². The highest BCUT2D eigenvalue weighted by atomic mass is 16.5. The van der Waals surface area contributed by atoms with Gasteiger partial charge in [-0.05, 0) is 54.8 Å². The summed E-state index contributed by atoms with van der Waals surface area (Å²) in [4.78, 5) is 18.2. The van der Waals surface area contributed by atoms with Gasteiger partial charge in [-0.1, -0.05) is 48.0 Å². The number of hydrogen-bond donors (Lipinski definition) is 0. The Bertz CT molecular complexity index is 1130. The third-order valence-corrected chi connectivity index (χ3v) is 6.56.